The van der Waals surface area contributed by atoms with E-state index in [1.165, 1.54) is 28.4 Å². The maximum atomic E-state index is 13.2. The number of fused-ring (bicyclic) bond motifs is 5. The van der Waals surface area contributed by atoms with Gasteiger partial charge in [-0.3, -0.25) is 19.3 Å². The van der Waals surface area contributed by atoms with Crippen molar-refractivity contribution in [2.24, 2.45) is 0 Å². The van der Waals surface area contributed by atoms with Crippen molar-refractivity contribution in [1.82, 2.24) is 14.8 Å². The molecule has 3 aromatic rings. The van der Waals surface area contributed by atoms with E-state index in [0.29, 0.717) is 16.9 Å². The van der Waals surface area contributed by atoms with E-state index in [-0.39, 0.29) is 12.5 Å². The van der Waals surface area contributed by atoms with E-state index in [1.54, 1.807) is 35.6 Å². The van der Waals surface area contributed by atoms with Crippen LogP contribution in [0.5, 0.6) is 0 Å². The Kier molecular flexibility index (Phi) is 4.25. The first-order chi connectivity index (χ1) is 16.5. The lowest BCUT2D eigenvalue weighted by atomic mass is 9.96. The maximum absolute atomic E-state index is 13.2. The highest BCUT2D eigenvalue weighted by Gasteiger charge is 2.72. The fourth-order valence-electron chi connectivity index (χ4n) is 5.09. The average Bonchev–Trinajstić information content (AvgIpc) is 3.55. The number of nitrogens with zero attached hydrogens (tertiary/aromatic N) is 3. The molecule has 3 saturated heterocycles. The largest absolute Gasteiger partial charge is 0.462 e. The zero-order chi connectivity index (χ0) is 23.2. The topological polar surface area (TPSA) is 96.9 Å². The van der Waals surface area contributed by atoms with Crippen molar-refractivity contribution < 1.29 is 23.9 Å². The average molecular weight is 510 g/mol. The van der Waals surface area contributed by atoms with Gasteiger partial charge < -0.3 is 9.64 Å². The number of ether oxygens (including phenoxy) is 1. The number of carbonyl (C=O) groups excluding carboxylic acids is 4. The highest BCUT2D eigenvalue weighted by molar-refractivity contribution is 8.05. The first-order valence-corrected chi connectivity index (χ1v) is 13.3. The van der Waals surface area contributed by atoms with Crippen LogP contribution in [0, 0.1) is 0 Å². The fourth-order valence-corrected chi connectivity index (χ4v) is 9.34. The first kappa shape index (κ1) is 20.5. The second-order valence-electron chi connectivity index (χ2n) is 8.54. The third kappa shape index (κ3) is 2.60. The molecule has 8 nitrogen and oxygen atoms in total. The molecular weight excluding hydrogens is 494 g/mol. The van der Waals surface area contributed by atoms with E-state index in [2.05, 4.69) is 4.98 Å². The Balaban J connectivity index is 1.17. The van der Waals surface area contributed by atoms with Crippen LogP contribution >= 0.6 is 34.9 Å². The summed E-state index contributed by atoms with van der Waals surface area (Å²) in [7, 11) is 0. The summed E-state index contributed by atoms with van der Waals surface area (Å²) in [5.41, 5.74) is 1.54. The lowest BCUT2D eigenvalue weighted by Gasteiger charge is -2.46. The van der Waals surface area contributed by atoms with Crippen LogP contribution in [0.2, 0.25) is 0 Å². The molecule has 0 spiro atoms. The van der Waals surface area contributed by atoms with Gasteiger partial charge in [-0.15, -0.1) is 23.1 Å². The molecule has 0 saturated carbocycles. The molecule has 0 aliphatic carbocycles. The van der Waals surface area contributed by atoms with Crippen molar-refractivity contribution in [2.45, 2.75) is 26.5 Å². The normalized spacial score (nSPS) is 29.4. The van der Waals surface area contributed by atoms with Crippen LogP contribution in [0.1, 0.15) is 20.7 Å². The van der Waals surface area contributed by atoms with Gasteiger partial charge in [-0.25, -0.2) is 9.78 Å². The fraction of sp³-hybridized carbons (Fsp3) is 0.261. The minimum atomic E-state index is -0.917. The van der Waals surface area contributed by atoms with E-state index in [9.17, 15) is 19.2 Å². The number of para-hydroxylation sites is 1. The minimum Gasteiger partial charge on any atom is -0.462 e. The molecule has 5 heterocycles. The molecular formula is C23H15N3O5S3. The van der Waals surface area contributed by atoms with E-state index >= 15 is 0 Å². The molecule has 4 atom stereocenters. The number of amides is 3. The Labute approximate surface area is 205 Å². The van der Waals surface area contributed by atoms with Crippen LogP contribution < -0.4 is 0 Å². The van der Waals surface area contributed by atoms with Crippen LogP contribution in [0.15, 0.2) is 52.9 Å². The van der Waals surface area contributed by atoms with Crippen molar-refractivity contribution in [3.05, 3.63) is 59.7 Å². The van der Waals surface area contributed by atoms with Gasteiger partial charge in [0.05, 0.1) is 26.1 Å². The van der Waals surface area contributed by atoms with Crippen molar-refractivity contribution in [2.75, 3.05) is 12.4 Å². The number of hydrogen-bond acceptors (Lipinski definition) is 9. The molecule has 34 heavy (non-hydrogen) atoms. The SMILES string of the molecule is O=C1OC[C@@]2(CSc3nc4ccccc4s3)S[C@@H]3[C@H](N4C(=O)c5ccccc5C4=O)C(=O)N3[C@@H]12. The Morgan fingerprint density at radius 3 is 2.47 bits per heavy atom. The van der Waals surface area contributed by atoms with Gasteiger partial charge in [0.1, 0.15) is 24.1 Å². The van der Waals surface area contributed by atoms with Gasteiger partial charge >= 0.3 is 5.97 Å². The number of rotatable bonds is 4. The number of imide groups is 1. The predicted octanol–water partition coefficient (Wildman–Crippen LogP) is 2.63. The van der Waals surface area contributed by atoms with Gasteiger partial charge in [-0.2, -0.15) is 0 Å². The zero-order valence-electron chi connectivity index (χ0n) is 17.4. The molecule has 11 heteroatoms. The molecule has 0 unspecified atom stereocenters. The highest BCUT2D eigenvalue weighted by atomic mass is 32.2. The summed E-state index contributed by atoms with van der Waals surface area (Å²) < 4.78 is 6.70. The van der Waals surface area contributed by atoms with Gasteiger partial charge in [0.2, 0.25) is 0 Å². The smallest absolute Gasteiger partial charge is 0.330 e. The van der Waals surface area contributed by atoms with E-state index in [4.69, 9.17) is 4.74 Å². The summed E-state index contributed by atoms with van der Waals surface area (Å²) in [6.07, 6.45) is 0. The summed E-state index contributed by atoms with van der Waals surface area (Å²) in [5, 5.41) is -0.469. The molecule has 7 rings (SSSR count). The molecule has 3 amide bonds. The molecule has 0 radical (unpaired) electrons. The second-order valence-corrected chi connectivity index (χ2v) is 12.3. The molecule has 170 valence electrons. The maximum Gasteiger partial charge on any atom is 0.330 e. The molecule has 0 N–H and O–H groups in total. The van der Waals surface area contributed by atoms with Crippen LogP contribution in [0.25, 0.3) is 10.2 Å². The van der Waals surface area contributed by atoms with Crippen LogP contribution in [0.3, 0.4) is 0 Å². The number of carbonyl (C=O) groups is 4. The molecule has 3 fully saturated rings. The van der Waals surface area contributed by atoms with Crippen molar-refractivity contribution >= 4 is 68.8 Å². The Hall–Kier alpha value is -2.89. The van der Waals surface area contributed by atoms with Crippen LogP contribution in [-0.4, -0.2) is 73.0 Å². The minimum absolute atomic E-state index is 0.175. The predicted molar refractivity (Wildman–Crippen MR) is 127 cm³/mol. The van der Waals surface area contributed by atoms with E-state index in [1.807, 2.05) is 24.3 Å². The van der Waals surface area contributed by atoms with Gasteiger partial charge in [0, 0.05) is 5.75 Å². The number of esters is 1. The summed E-state index contributed by atoms with van der Waals surface area (Å²) in [6, 6.07) is 12.8. The van der Waals surface area contributed by atoms with Gasteiger partial charge in [-0.05, 0) is 24.3 Å². The van der Waals surface area contributed by atoms with Crippen LogP contribution in [0.4, 0.5) is 0 Å². The van der Waals surface area contributed by atoms with Gasteiger partial charge in [0.15, 0.2) is 4.34 Å². The monoisotopic (exact) mass is 509 g/mol. The third-order valence-corrected chi connectivity index (χ3v) is 11.0. The molecule has 4 aliphatic heterocycles. The summed E-state index contributed by atoms with van der Waals surface area (Å²) in [5.74, 6) is -1.23. The van der Waals surface area contributed by atoms with E-state index in [0.717, 1.165) is 19.5 Å². The standard InChI is InChI=1S/C23H15N3O5S3/c27-17-11-5-1-2-6-12(11)18(28)25(17)15-19(29)26-16-21(30)31-9-23(16,34-20(15)26)10-32-22-24-13-7-3-4-8-14(13)33-22/h1-8,15-16,20H,9-10H2/t15-,16+,20-,23+/m1/s1. The van der Waals surface area contributed by atoms with Crippen molar-refractivity contribution in [3.63, 3.8) is 0 Å². The summed E-state index contributed by atoms with van der Waals surface area (Å²) in [4.78, 5) is 59.1. The molecule has 2 aromatic carbocycles. The lowest BCUT2D eigenvalue weighted by Crippen LogP contribution is -2.71. The number of cyclic esters (lactones) is 1. The Morgan fingerprint density at radius 1 is 1.03 bits per heavy atom. The highest BCUT2D eigenvalue weighted by Crippen LogP contribution is 2.57. The summed E-state index contributed by atoms with van der Waals surface area (Å²) in [6.45, 7) is 0.175. The number of β-lactam (4-membered cyclic amide) rings is 1. The molecule has 0 bridgehead atoms. The lowest BCUT2D eigenvalue weighted by molar-refractivity contribution is -0.159. The Bertz CT molecular complexity index is 1370. The number of benzene rings is 2. The number of thiazole rings is 1. The quantitative estimate of drug-likeness (QED) is 0.229. The molecule has 4 aliphatic rings. The zero-order valence-corrected chi connectivity index (χ0v) is 19.8. The third-order valence-electron chi connectivity index (χ3n) is 6.68. The number of hydrogen-bond donors (Lipinski definition) is 0. The first-order valence-electron chi connectivity index (χ1n) is 10.6. The van der Waals surface area contributed by atoms with Gasteiger partial charge in [-0.1, -0.05) is 36.0 Å². The number of aromatic nitrogens is 1. The van der Waals surface area contributed by atoms with Crippen molar-refractivity contribution in [1.29, 1.82) is 0 Å². The van der Waals surface area contributed by atoms with Crippen LogP contribution in [-0.2, 0) is 14.3 Å². The Morgan fingerprint density at radius 2 is 1.74 bits per heavy atom. The number of thioether (sulfide) groups is 2. The second kappa shape index (κ2) is 7.06. The van der Waals surface area contributed by atoms with E-state index < -0.39 is 40.0 Å². The molecule has 1 aromatic heterocycles. The van der Waals surface area contributed by atoms with Gasteiger partial charge in [0.25, 0.3) is 17.7 Å². The summed E-state index contributed by atoms with van der Waals surface area (Å²) >= 11 is 4.58. The van der Waals surface area contributed by atoms with Crippen molar-refractivity contribution in [3.8, 4) is 0 Å².